The van der Waals surface area contributed by atoms with E-state index in [0.29, 0.717) is 19.4 Å². The number of nitrogens with two attached hydrogens (primary N) is 1. The standard InChI is InChI=1S/C17H22N2O5/c18-13(17(23)24-11-12-5-2-1-3-6-12)8-9-15(20)19-10-4-7-14(19)16(21)22/h1-3,5-6,13-14H,4,7-11,18H2,(H,21,22)/t13?,14-/m0/s1. The van der Waals surface area contributed by atoms with E-state index in [1.54, 1.807) is 0 Å². The van der Waals surface area contributed by atoms with Gasteiger partial charge in [0, 0.05) is 13.0 Å². The summed E-state index contributed by atoms with van der Waals surface area (Å²) < 4.78 is 5.12. The van der Waals surface area contributed by atoms with Crippen molar-refractivity contribution >= 4 is 17.8 Å². The van der Waals surface area contributed by atoms with E-state index < -0.39 is 24.0 Å². The minimum absolute atomic E-state index is 0.0331. The van der Waals surface area contributed by atoms with Gasteiger partial charge in [-0.3, -0.25) is 9.59 Å². The summed E-state index contributed by atoms with van der Waals surface area (Å²) in [5.74, 6) is -1.85. The number of carbonyl (C=O) groups is 3. The number of benzene rings is 1. The maximum atomic E-state index is 12.1. The summed E-state index contributed by atoms with van der Waals surface area (Å²) in [6.07, 6.45) is 1.31. The lowest BCUT2D eigenvalue weighted by molar-refractivity contribution is -0.149. The van der Waals surface area contributed by atoms with E-state index in [4.69, 9.17) is 15.6 Å². The molecule has 2 rings (SSSR count). The van der Waals surface area contributed by atoms with Crippen LogP contribution < -0.4 is 5.73 Å². The van der Waals surface area contributed by atoms with Crippen LogP contribution in [0, 0.1) is 0 Å². The number of amides is 1. The van der Waals surface area contributed by atoms with Gasteiger partial charge in [-0.2, -0.15) is 0 Å². The van der Waals surface area contributed by atoms with Crippen LogP contribution in [0.3, 0.4) is 0 Å². The average Bonchev–Trinajstić information content (AvgIpc) is 3.08. The molecule has 0 bridgehead atoms. The Labute approximate surface area is 140 Å². The van der Waals surface area contributed by atoms with Crippen LogP contribution in [0.15, 0.2) is 30.3 Å². The zero-order valence-corrected chi connectivity index (χ0v) is 13.4. The van der Waals surface area contributed by atoms with Gasteiger partial charge in [-0.25, -0.2) is 4.79 Å². The van der Waals surface area contributed by atoms with Crippen LogP contribution in [-0.4, -0.2) is 46.5 Å². The summed E-state index contributed by atoms with van der Waals surface area (Å²) >= 11 is 0. The Kier molecular flexibility index (Phi) is 6.31. The number of rotatable bonds is 7. The molecule has 3 N–H and O–H groups in total. The lowest BCUT2D eigenvalue weighted by atomic mass is 10.1. The van der Waals surface area contributed by atoms with Gasteiger partial charge in [0.1, 0.15) is 18.7 Å². The Morgan fingerprint density at radius 1 is 1.29 bits per heavy atom. The van der Waals surface area contributed by atoms with Crippen LogP contribution in [0.2, 0.25) is 0 Å². The Morgan fingerprint density at radius 2 is 2.00 bits per heavy atom. The summed E-state index contributed by atoms with van der Waals surface area (Å²) in [5, 5.41) is 9.08. The van der Waals surface area contributed by atoms with Crippen molar-refractivity contribution < 1.29 is 24.2 Å². The number of nitrogens with zero attached hydrogens (tertiary/aromatic N) is 1. The normalized spacial score (nSPS) is 18.2. The van der Waals surface area contributed by atoms with Gasteiger partial charge in [0.25, 0.3) is 0 Å². The second kappa shape index (κ2) is 8.44. The fourth-order valence-corrected chi connectivity index (χ4v) is 2.70. The largest absolute Gasteiger partial charge is 0.480 e. The van der Waals surface area contributed by atoms with Gasteiger partial charge in [-0.1, -0.05) is 30.3 Å². The van der Waals surface area contributed by atoms with Gasteiger partial charge in [0.05, 0.1) is 0 Å². The predicted octanol–water partition coefficient (Wildman–Crippen LogP) is 0.913. The summed E-state index contributed by atoms with van der Waals surface area (Å²) in [6, 6.07) is 7.56. The summed E-state index contributed by atoms with van der Waals surface area (Å²) in [7, 11) is 0. The third-order valence-electron chi connectivity index (χ3n) is 4.05. The van der Waals surface area contributed by atoms with Crippen molar-refractivity contribution in [1.29, 1.82) is 0 Å². The van der Waals surface area contributed by atoms with E-state index in [9.17, 15) is 14.4 Å². The summed E-state index contributed by atoms with van der Waals surface area (Å²) in [4.78, 5) is 36.4. The number of carboxylic acids is 1. The molecule has 1 aliphatic heterocycles. The first-order chi connectivity index (χ1) is 11.5. The van der Waals surface area contributed by atoms with Crippen LogP contribution >= 0.6 is 0 Å². The predicted molar refractivity (Wildman–Crippen MR) is 85.8 cm³/mol. The molecule has 24 heavy (non-hydrogen) atoms. The number of esters is 1. The van der Waals surface area contributed by atoms with Crippen LogP contribution in [0.4, 0.5) is 0 Å². The van der Waals surface area contributed by atoms with Crippen molar-refractivity contribution in [3.8, 4) is 0 Å². The lowest BCUT2D eigenvalue weighted by Crippen LogP contribution is -2.41. The molecular weight excluding hydrogens is 312 g/mol. The van der Waals surface area contributed by atoms with Crippen LogP contribution in [0.5, 0.6) is 0 Å². The molecule has 1 aliphatic rings. The Bertz CT molecular complexity index is 590. The second-order valence-corrected chi connectivity index (χ2v) is 5.82. The van der Waals surface area contributed by atoms with E-state index in [0.717, 1.165) is 5.56 Å². The number of ether oxygens (including phenoxy) is 1. The van der Waals surface area contributed by atoms with E-state index >= 15 is 0 Å². The molecule has 130 valence electrons. The lowest BCUT2D eigenvalue weighted by Gasteiger charge is -2.22. The van der Waals surface area contributed by atoms with Crippen molar-refractivity contribution in [1.82, 2.24) is 4.90 Å². The van der Waals surface area contributed by atoms with Gasteiger partial charge >= 0.3 is 11.9 Å². The van der Waals surface area contributed by atoms with Gasteiger partial charge in [0.15, 0.2) is 0 Å². The summed E-state index contributed by atoms with van der Waals surface area (Å²) in [6.45, 7) is 0.567. The molecule has 0 aromatic heterocycles. The van der Waals surface area contributed by atoms with Crippen molar-refractivity contribution in [3.63, 3.8) is 0 Å². The second-order valence-electron chi connectivity index (χ2n) is 5.82. The molecular formula is C17H22N2O5. The molecule has 1 aromatic carbocycles. The van der Waals surface area contributed by atoms with E-state index in [1.165, 1.54) is 4.90 Å². The number of hydrogen-bond acceptors (Lipinski definition) is 5. The molecule has 1 fully saturated rings. The van der Waals surface area contributed by atoms with Gasteiger partial charge in [0.2, 0.25) is 5.91 Å². The van der Waals surface area contributed by atoms with E-state index in [1.807, 2.05) is 30.3 Å². The third-order valence-corrected chi connectivity index (χ3v) is 4.05. The van der Waals surface area contributed by atoms with Crippen LogP contribution in [0.1, 0.15) is 31.2 Å². The molecule has 7 nitrogen and oxygen atoms in total. The van der Waals surface area contributed by atoms with Crippen LogP contribution in [-0.2, 0) is 25.7 Å². The summed E-state index contributed by atoms with van der Waals surface area (Å²) in [5.41, 5.74) is 6.62. The number of hydrogen-bond donors (Lipinski definition) is 2. The maximum absolute atomic E-state index is 12.1. The van der Waals surface area contributed by atoms with Crippen molar-refractivity contribution in [2.24, 2.45) is 5.73 Å². The number of aliphatic carboxylic acids is 1. The van der Waals surface area contributed by atoms with Gasteiger partial charge in [-0.05, 0) is 24.8 Å². The highest BCUT2D eigenvalue weighted by Crippen LogP contribution is 2.19. The van der Waals surface area contributed by atoms with Crippen molar-refractivity contribution in [2.75, 3.05) is 6.54 Å². The molecule has 1 unspecified atom stereocenters. The molecule has 0 spiro atoms. The van der Waals surface area contributed by atoms with Crippen molar-refractivity contribution in [2.45, 2.75) is 44.4 Å². The fourth-order valence-electron chi connectivity index (χ4n) is 2.70. The third kappa shape index (κ3) is 4.79. The zero-order chi connectivity index (χ0) is 17.5. The van der Waals surface area contributed by atoms with Gasteiger partial charge in [-0.15, -0.1) is 0 Å². The minimum atomic E-state index is -0.993. The molecule has 1 aromatic rings. The molecule has 7 heteroatoms. The average molecular weight is 334 g/mol. The molecule has 2 atom stereocenters. The highest BCUT2D eigenvalue weighted by Gasteiger charge is 2.33. The molecule has 1 amide bonds. The first-order valence-electron chi connectivity index (χ1n) is 7.97. The fraction of sp³-hybridized carbons (Fsp3) is 0.471. The Hall–Kier alpha value is -2.41. The number of carbonyl (C=O) groups excluding carboxylic acids is 2. The van der Waals surface area contributed by atoms with Gasteiger partial charge < -0.3 is 20.5 Å². The SMILES string of the molecule is NC(CCC(=O)N1CCC[C@H]1C(=O)O)C(=O)OCc1ccccc1. The van der Waals surface area contributed by atoms with E-state index in [2.05, 4.69) is 0 Å². The first kappa shape index (κ1) is 17.9. The topological polar surface area (TPSA) is 110 Å². The Balaban J connectivity index is 1.75. The quantitative estimate of drug-likeness (QED) is 0.717. The molecule has 0 radical (unpaired) electrons. The van der Waals surface area contributed by atoms with Crippen molar-refractivity contribution in [3.05, 3.63) is 35.9 Å². The van der Waals surface area contributed by atoms with E-state index in [-0.39, 0.29) is 25.4 Å². The minimum Gasteiger partial charge on any atom is -0.480 e. The molecule has 0 saturated carbocycles. The highest BCUT2D eigenvalue weighted by atomic mass is 16.5. The first-order valence-corrected chi connectivity index (χ1v) is 7.97. The molecule has 1 heterocycles. The number of carboxylic acid groups (broad SMARTS) is 1. The Morgan fingerprint density at radius 3 is 2.67 bits per heavy atom. The highest BCUT2D eigenvalue weighted by molar-refractivity contribution is 5.85. The zero-order valence-electron chi connectivity index (χ0n) is 13.4. The monoisotopic (exact) mass is 334 g/mol. The molecule has 0 aliphatic carbocycles. The maximum Gasteiger partial charge on any atom is 0.326 e. The number of likely N-dealkylation sites (tertiary alicyclic amines) is 1. The van der Waals surface area contributed by atoms with Crippen LogP contribution in [0.25, 0.3) is 0 Å². The smallest absolute Gasteiger partial charge is 0.326 e. The molecule has 1 saturated heterocycles.